The lowest BCUT2D eigenvalue weighted by Crippen LogP contribution is -2.40. The third-order valence-electron chi connectivity index (χ3n) is 4.84. The zero-order valence-electron chi connectivity index (χ0n) is 13.1. The molecular formula is C17H24N4. The summed E-state index contributed by atoms with van der Waals surface area (Å²) in [7, 11) is 4.23. The Balaban J connectivity index is 1.88. The third-order valence-corrected chi connectivity index (χ3v) is 4.84. The van der Waals surface area contributed by atoms with Crippen molar-refractivity contribution in [1.29, 1.82) is 0 Å². The van der Waals surface area contributed by atoms with E-state index in [2.05, 4.69) is 58.8 Å². The highest BCUT2D eigenvalue weighted by Crippen LogP contribution is 2.30. The molecule has 0 amide bonds. The first-order chi connectivity index (χ1) is 10.2. The van der Waals surface area contributed by atoms with E-state index in [1.165, 1.54) is 36.5 Å². The standard InChI is InChI=1S/C17H24N4/c1-12-15-6-4-5-7-16(15)17(20-19-12)21(3)14-10-8-13(18-2)9-11-14/h4-7,13-14,18H,8-11H2,1-3H3. The molecule has 0 radical (unpaired) electrons. The lowest BCUT2D eigenvalue weighted by Gasteiger charge is -2.35. The fourth-order valence-corrected chi connectivity index (χ4v) is 3.41. The van der Waals surface area contributed by atoms with Crippen molar-refractivity contribution >= 4 is 16.6 Å². The molecule has 1 N–H and O–H groups in total. The second-order valence-corrected chi connectivity index (χ2v) is 6.06. The topological polar surface area (TPSA) is 41.0 Å². The van der Waals surface area contributed by atoms with Gasteiger partial charge in [0.1, 0.15) is 0 Å². The number of rotatable bonds is 3. The van der Waals surface area contributed by atoms with Crippen LogP contribution in [0.25, 0.3) is 10.8 Å². The second kappa shape index (κ2) is 5.98. The van der Waals surface area contributed by atoms with Gasteiger partial charge in [0.15, 0.2) is 5.82 Å². The first kappa shape index (κ1) is 14.3. The van der Waals surface area contributed by atoms with E-state index < -0.39 is 0 Å². The quantitative estimate of drug-likeness (QED) is 0.941. The largest absolute Gasteiger partial charge is 0.355 e. The van der Waals surface area contributed by atoms with Crippen LogP contribution in [0, 0.1) is 6.92 Å². The van der Waals surface area contributed by atoms with Crippen LogP contribution in [-0.4, -0.2) is 36.4 Å². The molecule has 1 fully saturated rings. The van der Waals surface area contributed by atoms with E-state index in [1.54, 1.807) is 0 Å². The Kier molecular flexibility index (Phi) is 4.06. The summed E-state index contributed by atoms with van der Waals surface area (Å²) in [5.74, 6) is 1.02. The van der Waals surface area contributed by atoms with Gasteiger partial charge >= 0.3 is 0 Å². The second-order valence-electron chi connectivity index (χ2n) is 6.06. The summed E-state index contributed by atoms with van der Waals surface area (Å²) in [6.45, 7) is 2.03. The van der Waals surface area contributed by atoms with Gasteiger partial charge in [-0.1, -0.05) is 24.3 Å². The van der Waals surface area contributed by atoms with E-state index in [9.17, 15) is 0 Å². The monoisotopic (exact) mass is 284 g/mol. The molecule has 0 unspecified atom stereocenters. The van der Waals surface area contributed by atoms with Gasteiger partial charge in [-0.15, -0.1) is 5.10 Å². The molecule has 1 aromatic heterocycles. The van der Waals surface area contributed by atoms with Gasteiger partial charge in [-0.2, -0.15) is 5.10 Å². The molecular weight excluding hydrogens is 260 g/mol. The Morgan fingerprint density at radius 2 is 1.71 bits per heavy atom. The lowest BCUT2D eigenvalue weighted by atomic mass is 9.90. The molecule has 21 heavy (non-hydrogen) atoms. The SMILES string of the molecule is CNC1CCC(N(C)c2nnc(C)c3ccccc23)CC1. The molecule has 1 aliphatic rings. The van der Waals surface area contributed by atoms with Crippen molar-refractivity contribution < 1.29 is 0 Å². The van der Waals surface area contributed by atoms with E-state index in [4.69, 9.17) is 0 Å². The van der Waals surface area contributed by atoms with Crippen LogP contribution in [0.4, 0.5) is 5.82 Å². The Morgan fingerprint density at radius 3 is 2.38 bits per heavy atom. The lowest BCUT2D eigenvalue weighted by molar-refractivity contribution is 0.350. The number of aromatic nitrogens is 2. The van der Waals surface area contributed by atoms with Crippen LogP contribution in [0.15, 0.2) is 24.3 Å². The summed E-state index contributed by atoms with van der Waals surface area (Å²) in [6.07, 6.45) is 4.91. The van der Waals surface area contributed by atoms with Gasteiger partial charge in [0.2, 0.25) is 0 Å². The molecule has 1 aliphatic carbocycles. The molecule has 1 saturated carbocycles. The number of nitrogens with one attached hydrogen (secondary N) is 1. The maximum Gasteiger partial charge on any atom is 0.159 e. The molecule has 1 aromatic carbocycles. The van der Waals surface area contributed by atoms with Crippen LogP contribution in [-0.2, 0) is 0 Å². The van der Waals surface area contributed by atoms with Crippen LogP contribution in [0.5, 0.6) is 0 Å². The van der Waals surface area contributed by atoms with Gasteiger partial charge in [-0.3, -0.25) is 0 Å². The van der Waals surface area contributed by atoms with Crippen molar-refractivity contribution in [2.45, 2.75) is 44.7 Å². The Morgan fingerprint density at radius 1 is 1.05 bits per heavy atom. The molecule has 1 heterocycles. The number of nitrogens with zero attached hydrogens (tertiary/aromatic N) is 3. The molecule has 0 bridgehead atoms. The van der Waals surface area contributed by atoms with Crippen LogP contribution < -0.4 is 10.2 Å². The van der Waals surface area contributed by atoms with Gasteiger partial charge in [0.05, 0.1) is 5.69 Å². The molecule has 4 heteroatoms. The van der Waals surface area contributed by atoms with Crippen molar-refractivity contribution in [1.82, 2.24) is 15.5 Å². The zero-order chi connectivity index (χ0) is 14.8. The molecule has 0 aliphatic heterocycles. The maximum atomic E-state index is 4.48. The average molecular weight is 284 g/mol. The summed E-state index contributed by atoms with van der Waals surface area (Å²) in [6, 6.07) is 9.68. The highest BCUT2D eigenvalue weighted by Gasteiger charge is 2.25. The van der Waals surface area contributed by atoms with Crippen molar-refractivity contribution in [3.8, 4) is 0 Å². The van der Waals surface area contributed by atoms with E-state index >= 15 is 0 Å². The van der Waals surface area contributed by atoms with E-state index in [1.807, 2.05) is 6.92 Å². The first-order valence-electron chi connectivity index (χ1n) is 7.83. The van der Waals surface area contributed by atoms with Gasteiger partial charge in [0, 0.05) is 29.9 Å². The number of hydrogen-bond acceptors (Lipinski definition) is 4. The van der Waals surface area contributed by atoms with Crippen molar-refractivity contribution in [3.63, 3.8) is 0 Å². The zero-order valence-corrected chi connectivity index (χ0v) is 13.1. The Bertz CT molecular complexity index is 617. The van der Waals surface area contributed by atoms with Crippen molar-refractivity contribution in [2.75, 3.05) is 19.0 Å². The molecule has 4 nitrogen and oxygen atoms in total. The summed E-state index contributed by atoms with van der Waals surface area (Å²) in [5.41, 5.74) is 1.00. The van der Waals surface area contributed by atoms with E-state index in [0.29, 0.717) is 12.1 Å². The predicted molar refractivity (Wildman–Crippen MR) is 87.8 cm³/mol. The van der Waals surface area contributed by atoms with Crippen LogP contribution >= 0.6 is 0 Å². The number of hydrogen-bond donors (Lipinski definition) is 1. The average Bonchev–Trinajstić information content (AvgIpc) is 2.55. The van der Waals surface area contributed by atoms with Crippen molar-refractivity contribution in [2.24, 2.45) is 0 Å². The Hall–Kier alpha value is -1.68. The van der Waals surface area contributed by atoms with Crippen LogP contribution in [0.3, 0.4) is 0 Å². The fourth-order valence-electron chi connectivity index (χ4n) is 3.41. The first-order valence-corrected chi connectivity index (χ1v) is 7.83. The smallest absolute Gasteiger partial charge is 0.159 e. The molecule has 2 aromatic rings. The summed E-state index contributed by atoms with van der Waals surface area (Å²) < 4.78 is 0. The third kappa shape index (κ3) is 2.72. The summed E-state index contributed by atoms with van der Waals surface area (Å²) in [5, 5.41) is 14.6. The highest BCUT2D eigenvalue weighted by atomic mass is 15.3. The van der Waals surface area contributed by atoms with Gasteiger partial charge in [-0.25, -0.2) is 0 Å². The minimum absolute atomic E-state index is 0.565. The summed E-state index contributed by atoms with van der Waals surface area (Å²) >= 11 is 0. The number of fused-ring (bicyclic) bond motifs is 1. The van der Waals surface area contributed by atoms with Crippen molar-refractivity contribution in [3.05, 3.63) is 30.0 Å². The van der Waals surface area contributed by atoms with Crippen LogP contribution in [0.2, 0.25) is 0 Å². The molecule has 3 rings (SSSR count). The summed E-state index contributed by atoms with van der Waals surface area (Å²) in [4.78, 5) is 2.33. The number of benzene rings is 1. The number of aryl methyl sites for hydroxylation is 1. The molecule has 0 atom stereocenters. The fraction of sp³-hybridized carbons (Fsp3) is 0.529. The minimum atomic E-state index is 0.565. The highest BCUT2D eigenvalue weighted by molar-refractivity contribution is 5.93. The molecule has 112 valence electrons. The van der Waals surface area contributed by atoms with E-state index in [-0.39, 0.29) is 0 Å². The van der Waals surface area contributed by atoms with Gasteiger partial charge < -0.3 is 10.2 Å². The Labute approximate surface area is 126 Å². The van der Waals surface area contributed by atoms with E-state index in [0.717, 1.165) is 11.5 Å². The molecule has 0 saturated heterocycles. The van der Waals surface area contributed by atoms with Crippen LogP contribution in [0.1, 0.15) is 31.4 Å². The number of anilines is 1. The van der Waals surface area contributed by atoms with Gasteiger partial charge in [0.25, 0.3) is 0 Å². The minimum Gasteiger partial charge on any atom is -0.355 e. The maximum absolute atomic E-state index is 4.48. The normalized spacial score (nSPS) is 22.4. The van der Waals surface area contributed by atoms with Gasteiger partial charge in [-0.05, 0) is 39.7 Å². The predicted octanol–water partition coefficient (Wildman–Crippen LogP) is 2.91. The molecule has 0 spiro atoms.